The van der Waals surface area contributed by atoms with Crippen LogP contribution >= 0.6 is 7.82 Å². The van der Waals surface area contributed by atoms with E-state index in [1.54, 1.807) is 0 Å². The van der Waals surface area contributed by atoms with Crippen molar-refractivity contribution in [3.63, 3.8) is 0 Å². The molecule has 0 amide bonds. The Morgan fingerprint density at radius 1 is 1.46 bits per heavy atom. The van der Waals surface area contributed by atoms with E-state index in [0.29, 0.717) is 0 Å². The molecule has 0 saturated carbocycles. The number of aliphatic hydroxyl groups excluding tert-OH is 2. The highest BCUT2D eigenvalue weighted by Gasteiger charge is 2.24. The van der Waals surface area contributed by atoms with Gasteiger partial charge in [-0.05, 0) is 6.92 Å². The Balaban J connectivity index is 3.95. The zero-order valence-corrected chi connectivity index (χ0v) is 7.72. The van der Waals surface area contributed by atoms with E-state index in [-0.39, 0.29) is 0 Å². The first-order valence-corrected chi connectivity index (χ1v) is 4.83. The number of phosphoric ester groups is 1. The van der Waals surface area contributed by atoms with E-state index in [9.17, 15) is 9.36 Å². The third kappa shape index (κ3) is 5.87. The number of carbonyl (C=O) groups is 1. The van der Waals surface area contributed by atoms with E-state index in [1.807, 2.05) is 0 Å². The molecule has 0 aliphatic carbocycles. The van der Waals surface area contributed by atoms with Gasteiger partial charge >= 0.3 is 7.82 Å². The molecular formula is C5H11O7P. The molecule has 7 nitrogen and oxygen atoms in total. The van der Waals surface area contributed by atoms with Crippen LogP contribution in [0.2, 0.25) is 0 Å². The van der Waals surface area contributed by atoms with Crippen molar-refractivity contribution >= 4 is 13.6 Å². The minimum atomic E-state index is -4.67. The Kier molecular flexibility index (Phi) is 4.69. The van der Waals surface area contributed by atoms with E-state index in [0.717, 1.165) is 6.92 Å². The predicted octanol–water partition coefficient (Wildman–Crippen LogP) is -1.59. The predicted molar refractivity (Wildman–Crippen MR) is 40.7 cm³/mol. The molecule has 0 aliphatic rings. The van der Waals surface area contributed by atoms with Crippen molar-refractivity contribution in [3.8, 4) is 0 Å². The molecule has 0 spiro atoms. The van der Waals surface area contributed by atoms with Crippen LogP contribution in [0.25, 0.3) is 0 Å². The Hall–Kier alpha value is -0.300. The molecular weight excluding hydrogens is 205 g/mol. The fourth-order valence-electron chi connectivity index (χ4n) is 0.536. The first-order valence-electron chi connectivity index (χ1n) is 3.30. The summed E-state index contributed by atoms with van der Waals surface area (Å²) < 4.78 is 14.0. The lowest BCUT2D eigenvalue weighted by atomic mass is 10.2. The third-order valence-corrected chi connectivity index (χ3v) is 1.68. The van der Waals surface area contributed by atoms with Crippen molar-refractivity contribution in [3.05, 3.63) is 0 Å². The second kappa shape index (κ2) is 4.80. The summed E-state index contributed by atoms with van der Waals surface area (Å²) in [6.07, 6.45) is -3.32. The van der Waals surface area contributed by atoms with Crippen LogP contribution in [-0.2, 0) is 13.9 Å². The van der Waals surface area contributed by atoms with Gasteiger partial charge in [0.2, 0.25) is 0 Å². The van der Waals surface area contributed by atoms with E-state index in [4.69, 9.17) is 20.0 Å². The lowest BCUT2D eigenvalue weighted by molar-refractivity contribution is -0.132. The summed E-state index contributed by atoms with van der Waals surface area (Å²) in [5.41, 5.74) is 0. The average Bonchev–Trinajstić information content (AvgIpc) is 1.97. The van der Waals surface area contributed by atoms with Crippen molar-refractivity contribution in [2.24, 2.45) is 0 Å². The smallest absolute Gasteiger partial charge is 0.388 e. The maximum absolute atomic E-state index is 10.5. The van der Waals surface area contributed by atoms with Gasteiger partial charge in [0.05, 0.1) is 6.61 Å². The highest BCUT2D eigenvalue weighted by molar-refractivity contribution is 7.46. The number of ketones is 1. The molecule has 0 aromatic heterocycles. The molecule has 13 heavy (non-hydrogen) atoms. The fourth-order valence-corrected chi connectivity index (χ4v) is 0.882. The lowest BCUT2D eigenvalue weighted by Gasteiger charge is -2.15. The molecule has 0 heterocycles. The summed E-state index contributed by atoms with van der Waals surface area (Å²) in [5.74, 6) is -0.707. The maximum atomic E-state index is 10.5. The summed E-state index contributed by atoms with van der Waals surface area (Å²) in [4.78, 5) is 26.8. The Bertz CT molecular complexity index is 221. The SMILES string of the molecule is [14CH3]C(=O)[C@@H](O)[C@H](O)COP(=O)(O)O. The molecule has 0 aliphatic heterocycles. The van der Waals surface area contributed by atoms with Crippen LogP contribution in [0.3, 0.4) is 0 Å². The molecule has 0 bridgehead atoms. The van der Waals surface area contributed by atoms with Gasteiger partial charge in [-0.15, -0.1) is 0 Å². The quantitative estimate of drug-likeness (QED) is 0.408. The molecule has 0 rings (SSSR count). The van der Waals surface area contributed by atoms with Gasteiger partial charge in [0.1, 0.15) is 12.2 Å². The van der Waals surface area contributed by atoms with E-state index >= 15 is 0 Å². The second-order valence-electron chi connectivity index (χ2n) is 2.41. The average molecular weight is 216 g/mol. The highest BCUT2D eigenvalue weighted by atomic mass is 31.2. The highest BCUT2D eigenvalue weighted by Crippen LogP contribution is 2.35. The normalized spacial score (nSPS) is 16.7. The standard InChI is InChI=1S/C5H11O7P/c1-3(6)5(8)4(7)2-12-13(9,10)11/h4-5,7-8H,2H2,1H3,(H2,9,10,11)/t4-,5-/m1/s1/i1+2. The number of Topliss-reactive ketones (excluding diaryl/α,β-unsaturated/α-hetero) is 1. The molecule has 4 N–H and O–H groups in total. The zero-order valence-electron chi connectivity index (χ0n) is 6.82. The molecule has 0 unspecified atom stereocenters. The van der Waals surface area contributed by atoms with Crippen LogP contribution in [0.15, 0.2) is 0 Å². The van der Waals surface area contributed by atoms with Crippen molar-refractivity contribution < 1.29 is 33.9 Å². The third-order valence-electron chi connectivity index (χ3n) is 1.19. The van der Waals surface area contributed by atoms with E-state index < -0.39 is 32.4 Å². The maximum Gasteiger partial charge on any atom is 0.469 e. The number of carbonyl (C=O) groups excluding carboxylic acids is 1. The largest absolute Gasteiger partial charge is 0.469 e. The Morgan fingerprint density at radius 3 is 2.23 bits per heavy atom. The zero-order chi connectivity index (χ0) is 10.6. The Labute approximate surface area is 74.2 Å². The van der Waals surface area contributed by atoms with Crippen molar-refractivity contribution in [1.29, 1.82) is 0 Å². The van der Waals surface area contributed by atoms with Gasteiger partial charge < -0.3 is 20.0 Å². The van der Waals surface area contributed by atoms with E-state index in [2.05, 4.69) is 4.52 Å². The summed E-state index contributed by atoms with van der Waals surface area (Å²) in [6.45, 7) is 0.233. The van der Waals surface area contributed by atoms with Crippen LogP contribution in [0, 0.1) is 0 Å². The molecule has 0 fully saturated rings. The number of rotatable bonds is 5. The van der Waals surface area contributed by atoms with Gasteiger partial charge in [-0.3, -0.25) is 9.32 Å². The minimum absolute atomic E-state index is 0.707. The molecule has 0 saturated heterocycles. The van der Waals surface area contributed by atoms with Crippen molar-refractivity contribution in [2.45, 2.75) is 19.1 Å². The first kappa shape index (κ1) is 12.7. The lowest BCUT2D eigenvalue weighted by Crippen LogP contribution is -2.35. The molecule has 78 valence electrons. The van der Waals surface area contributed by atoms with Gasteiger partial charge in [0.15, 0.2) is 5.78 Å². The van der Waals surface area contributed by atoms with Crippen LogP contribution in [-0.4, -0.2) is 44.6 Å². The first-order chi connectivity index (χ1) is 5.74. The van der Waals surface area contributed by atoms with Crippen LogP contribution in [0.1, 0.15) is 6.92 Å². The number of phosphoric acid groups is 1. The molecule has 0 radical (unpaired) electrons. The molecule has 8 heteroatoms. The van der Waals surface area contributed by atoms with E-state index in [1.165, 1.54) is 0 Å². The summed E-state index contributed by atoms with van der Waals surface area (Å²) >= 11 is 0. The minimum Gasteiger partial charge on any atom is -0.388 e. The van der Waals surface area contributed by atoms with Crippen molar-refractivity contribution in [1.82, 2.24) is 0 Å². The van der Waals surface area contributed by atoms with Crippen LogP contribution < -0.4 is 0 Å². The number of hydrogen-bond acceptors (Lipinski definition) is 5. The summed E-state index contributed by atoms with van der Waals surface area (Å²) in [7, 11) is -4.67. The van der Waals surface area contributed by atoms with Gasteiger partial charge in [-0.2, -0.15) is 0 Å². The fraction of sp³-hybridized carbons (Fsp3) is 0.800. The topological polar surface area (TPSA) is 124 Å². The van der Waals surface area contributed by atoms with Gasteiger partial charge in [-0.25, -0.2) is 4.57 Å². The van der Waals surface area contributed by atoms with Gasteiger partial charge in [0.25, 0.3) is 0 Å². The summed E-state index contributed by atoms with van der Waals surface area (Å²) in [5, 5.41) is 17.8. The van der Waals surface area contributed by atoms with Gasteiger partial charge in [-0.1, -0.05) is 0 Å². The van der Waals surface area contributed by atoms with Crippen molar-refractivity contribution in [2.75, 3.05) is 6.61 Å². The number of hydrogen-bond donors (Lipinski definition) is 4. The Morgan fingerprint density at radius 2 is 1.92 bits per heavy atom. The summed E-state index contributed by atoms with van der Waals surface area (Å²) in [6, 6.07) is 0. The monoisotopic (exact) mass is 216 g/mol. The number of aliphatic hydroxyl groups is 2. The van der Waals surface area contributed by atoms with Gasteiger partial charge in [0, 0.05) is 0 Å². The molecule has 0 aromatic carbocycles. The van der Waals surface area contributed by atoms with Crippen LogP contribution in [0.5, 0.6) is 0 Å². The van der Waals surface area contributed by atoms with Crippen LogP contribution in [0.4, 0.5) is 0 Å². The molecule has 2 atom stereocenters. The second-order valence-corrected chi connectivity index (χ2v) is 3.65. The molecule has 0 aromatic rings.